The molecule has 5 heteroatoms. The lowest BCUT2D eigenvalue weighted by molar-refractivity contribution is -0.131. The van der Waals surface area contributed by atoms with Crippen LogP contribution in [0.2, 0.25) is 0 Å². The van der Waals surface area contributed by atoms with E-state index >= 15 is 0 Å². The van der Waals surface area contributed by atoms with Gasteiger partial charge in [0, 0.05) is 18.0 Å². The van der Waals surface area contributed by atoms with Crippen molar-refractivity contribution < 1.29 is 9.90 Å². The largest absolute Gasteiger partial charge is 0.478 e. The van der Waals surface area contributed by atoms with Gasteiger partial charge in [0.15, 0.2) is 0 Å². The van der Waals surface area contributed by atoms with Crippen LogP contribution in [0.15, 0.2) is 42.1 Å². The van der Waals surface area contributed by atoms with Crippen LogP contribution >= 0.6 is 21.6 Å². The van der Waals surface area contributed by atoms with Gasteiger partial charge in [0.2, 0.25) is 0 Å². The summed E-state index contributed by atoms with van der Waals surface area (Å²) in [6.45, 7) is 5.10. The minimum atomic E-state index is -0.981. The second-order valence-corrected chi connectivity index (χ2v) is 4.81. The number of hydrogen-bond donors (Lipinski definition) is 1. The summed E-state index contributed by atoms with van der Waals surface area (Å²) in [5.41, 5.74) is 0. The third-order valence-corrected chi connectivity index (χ3v) is 3.41. The van der Waals surface area contributed by atoms with Gasteiger partial charge in [-0.1, -0.05) is 30.4 Å². The summed E-state index contributed by atoms with van der Waals surface area (Å²) in [4.78, 5) is 13.4. The van der Waals surface area contributed by atoms with E-state index in [0.29, 0.717) is 0 Å². The number of carbonyl (C=O) groups is 1. The first-order chi connectivity index (χ1) is 7.20. The van der Waals surface area contributed by atoms with Crippen LogP contribution in [-0.4, -0.2) is 21.8 Å². The van der Waals surface area contributed by atoms with Gasteiger partial charge in [-0.15, -0.1) is 0 Å². The maximum absolute atomic E-state index is 9.25. The van der Waals surface area contributed by atoms with Crippen LogP contribution in [0, 0.1) is 0 Å². The van der Waals surface area contributed by atoms with E-state index in [-0.39, 0.29) is 0 Å². The zero-order valence-electron chi connectivity index (χ0n) is 8.42. The molecule has 0 aromatic carbocycles. The topological polar surface area (TPSA) is 50.2 Å². The molecular weight excluding hydrogens is 230 g/mol. The quantitative estimate of drug-likeness (QED) is 0.650. The Balaban J connectivity index is 0.000000336. The Labute approximate surface area is 97.4 Å². The second kappa shape index (κ2) is 9.61. The Morgan fingerprint density at radius 2 is 2.33 bits per heavy atom. The van der Waals surface area contributed by atoms with Crippen molar-refractivity contribution in [2.45, 2.75) is 11.9 Å². The molecule has 0 atom stereocenters. The molecule has 0 saturated carbocycles. The molecule has 1 heterocycles. The summed E-state index contributed by atoms with van der Waals surface area (Å²) in [6, 6.07) is 5.96. The van der Waals surface area contributed by atoms with Crippen LogP contribution in [0.4, 0.5) is 0 Å². The van der Waals surface area contributed by atoms with Gasteiger partial charge < -0.3 is 5.11 Å². The first kappa shape index (κ1) is 14.1. The Kier molecular flexibility index (Phi) is 9.01. The molecular formula is C10H13NO2S2. The molecule has 1 aromatic heterocycles. The van der Waals surface area contributed by atoms with Crippen LogP contribution in [0.25, 0.3) is 0 Å². The fourth-order valence-corrected chi connectivity index (χ4v) is 2.00. The SMILES string of the molecule is C=CC(=O)O.CCSSc1ccccn1. The maximum atomic E-state index is 9.25. The van der Waals surface area contributed by atoms with Crippen molar-refractivity contribution in [1.82, 2.24) is 4.98 Å². The molecule has 0 fully saturated rings. The van der Waals surface area contributed by atoms with Crippen LogP contribution in [0.3, 0.4) is 0 Å². The average Bonchev–Trinajstić information content (AvgIpc) is 2.28. The zero-order chi connectivity index (χ0) is 11.5. The van der Waals surface area contributed by atoms with Gasteiger partial charge in [0.05, 0.1) is 0 Å². The van der Waals surface area contributed by atoms with Gasteiger partial charge in [0.1, 0.15) is 5.03 Å². The number of carboxylic acids is 1. The fourth-order valence-electron chi connectivity index (χ4n) is 0.516. The van der Waals surface area contributed by atoms with Crippen molar-refractivity contribution >= 4 is 27.6 Å². The Bertz CT molecular complexity index is 291. The third-order valence-electron chi connectivity index (χ3n) is 1.07. The predicted octanol–water partition coefficient (Wildman–Crippen LogP) is 3.10. The van der Waals surface area contributed by atoms with Crippen molar-refractivity contribution in [3.63, 3.8) is 0 Å². The molecule has 82 valence electrons. The van der Waals surface area contributed by atoms with Crippen LogP contribution < -0.4 is 0 Å². The second-order valence-electron chi connectivity index (χ2n) is 2.20. The standard InChI is InChI=1S/C7H9NS2.C3H4O2/c1-2-9-10-7-5-3-4-6-8-7;1-2-3(4)5/h3-6H,2H2,1H3;2H,1H2,(H,4,5). The molecule has 0 radical (unpaired) electrons. The molecule has 0 unspecified atom stereocenters. The molecule has 0 aliphatic rings. The number of carboxylic acid groups (broad SMARTS) is 1. The lowest BCUT2D eigenvalue weighted by Crippen LogP contribution is -1.82. The Morgan fingerprint density at radius 1 is 1.67 bits per heavy atom. The number of aromatic nitrogens is 1. The summed E-state index contributed by atoms with van der Waals surface area (Å²) in [5, 5.41) is 8.70. The van der Waals surface area contributed by atoms with E-state index < -0.39 is 5.97 Å². The first-order valence-corrected chi connectivity index (χ1v) is 6.58. The van der Waals surface area contributed by atoms with Crippen LogP contribution in [0.5, 0.6) is 0 Å². The van der Waals surface area contributed by atoms with Gasteiger partial charge in [0.25, 0.3) is 0 Å². The van der Waals surface area contributed by atoms with Gasteiger partial charge in [-0.3, -0.25) is 0 Å². The molecule has 15 heavy (non-hydrogen) atoms. The molecule has 1 rings (SSSR count). The fraction of sp³-hybridized carbons (Fsp3) is 0.200. The molecule has 3 nitrogen and oxygen atoms in total. The molecule has 0 aliphatic carbocycles. The zero-order valence-corrected chi connectivity index (χ0v) is 10.1. The minimum absolute atomic E-state index is 0.833. The number of rotatable bonds is 4. The van der Waals surface area contributed by atoms with Crippen molar-refractivity contribution in [1.29, 1.82) is 0 Å². The van der Waals surface area contributed by atoms with E-state index in [4.69, 9.17) is 5.11 Å². The number of nitrogens with zero attached hydrogens (tertiary/aromatic N) is 1. The summed E-state index contributed by atoms with van der Waals surface area (Å²) in [7, 11) is 3.54. The Morgan fingerprint density at radius 3 is 2.73 bits per heavy atom. The van der Waals surface area contributed by atoms with E-state index in [1.54, 1.807) is 10.8 Å². The van der Waals surface area contributed by atoms with E-state index in [1.165, 1.54) is 0 Å². The van der Waals surface area contributed by atoms with E-state index in [1.807, 2.05) is 35.2 Å². The average molecular weight is 243 g/mol. The summed E-state index contributed by atoms with van der Waals surface area (Å²) < 4.78 is 0. The minimum Gasteiger partial charge on any atom is -0.478 e. The molecule has 1 N–H and O–H groups in total. The van der Waals surface area contributed by atoms with Crippen molar-refractivity contribution in [3.05, 3.63) is 37.1 Å². The smallest absolute Gasteiger partial charge is 0.327 e. The van der Waals surface area contributed by atoms with E-state index in [0.717, 1.165) is 16.9 Å². The highest BCUT2D eigenvalue weighted by Gasteiger charge is 1.90. The van der Waals surface area contributed by atoms with Crippen molar-refractivity contribution in [3.8, 4) is 0 Å². The van der Waals surface area contributed by atoms with Crippen molar-refractivity contribution in [2.24, 2.45) is 0 Å². The van der Waals surface area contributed by atoms with Gasteiger partial charge in [-0.05, 0) is 22.9 Å². The third kappa shape index (κ3) is 9.37. The number of aliphatic carboxylic acids is 1. The lowest BCUT2D eigenvalue weighted by Gasteiger charge is -1.94. The molecule has 0 aliphatic heterocycles. The van der Waals surface area contributed by atoms with Crippen LogP contribution in [-0.2, 0) is 4.79 Å². The maximum Gasteiger partial charge on any atom is 0.327 e. The Hall–Kier alpha value is -0.940. The van der Waals surface area contributed by atoms with Crippen LogP contribution in [0.1, 0.15) is 6.92 Å². The predicted molar refractivity (Wildman–Crippen MR) is 66.1 cm³/mol. The highest BCUT2D eigenvalue weighted by Crippen LogP contribution is 2.27. The molecule has 1 aromatic rings. The lowest BCUT2D eigenvalue weighted by atomic mass is 10.5. The number of hydrogen-bond acceptors (Lipinski definition) is 4. The van der Waals surface area contributed by atoms with Gasteiger partial charge in [-0.2, -0.15) is 0 Å². The van der Waals surface area contributed by atoms with E-state index in [2.05, 4.69) is 18.5 Å². The van der Waals surface area contributed by atoms with E-state index in [9.17, 15) is 4.79 Å². The summed E-state index contributed by atoms with van der Waals surface area (Å²) in [5.74, 6) is 0.145. The highest BCUT2D eigenvalue weighted by molar-refractivity contribution is 8.76. The molecule has 0 bridgehead atoms. The summed E-state index contributed by atoms with van der Waals surface area (Å²) >= 11 is 0. The monoisotopic (exact) mass is 243 g/mol. The highest BCUT2D eigenvalue weighted by atomic mass is 33.1. The molecule has 0 spiro atoms. The summed E-state index contributed by atoms with van der Waals surface area (Å²) in [6.07, 6.45) is 2.65. The normalized spacial score (nSPS) is 8.60. The van der Waals surface area contributed by atoms with Crippen molar-refractivity contribution in [2.75, 3.05) is 5.75 Å². The van der Waals surface area contributed by atoms with Gasteiger partial charge in [-0.25, -0.2) is 9.78 Å². The molecule has 0 saturated heterocycles. The first-order valence-electron chi connectivity index (χ1n) is 4.26. The number of pyridine rings is 1. The van der Waals surface area contributed by atoms with Gasteiger partial charge >= 0.3 is 5.97 Å². The molecule has 0 amide bonds.